The summed E-state index contributed by atoms with van der Waals surface area (Å²) in [5, 5.41) is 0.234. The molecule has 0 saturated heterocycles. The second-order valence-corrected chi connectivity index (χ2v) is 6.26. The molecule has 3 unspecified atom stereocenters. The van der Waals surface area contributed by atoms with Crippen LogP contribution in [0.25, 0.3) is 0 Å². The molecule has 2 nitrogen and oxygen atoms in total. The molecule has 0 N–H and O–H groups in total. The standard InChI is InChI=1S/C11H21N2P/c1-11(14)8-9(12(2)3)6-7-10(11)13(4)5/h6-8,10H,14H2,1-5H3/p+1. The third kappa shape index (κ3) is 2.37. The van der Waals surface area contributed by atoms with Crippen molar-refractivity contribution in [3.63, 3.8) is 0 Å². The van der Waals surface area contributed by atoms with Gasteiger partial charge in [0.05, 0.1) is 6.04 Å². The van der Waals surface area contributed by atoms with Crippen LogP contribution in [-0.4, -0.2) is 49.2 Å². The van der Waals surface area contributed by atoms with E-state index in [2.05, 4.69) is 72.4 Å². The summed E-state index contributed by atoms with van der Waals surface area (Å²) in [4.78, 5) is 4.43. The summed E-state index contributed by atoms with van der Waals surface area (Å²) in [6.07, 6.45) is 6.86. The molecule has 0 aromatic carbocycles. The molecule has 0 radical (unpaired) electrons. The zero-order valence-corrected chi connectivity index (χ0v) is 11.3. The lowest BCUT2D eigenvalue weighted by molar-refractivity contribution is 0.307. The lowest BCUT2D eigenvalue weighted by atomic mass is 9.93. The molecule has 0 bridgehead atoms. The highest BCUT2D eigenvalue weighted by Gasteiger charge is 2.34. The van der Waals surface area contributed by atoms with Crippen molar-refractivity contribution in [2.24, 2.45) is 0 Å². The average Bonchev–Trinajstić information content (AvgIpc) is 2.01. The Kier molecular flexibility index (Phi) is 3.39. The van der Waals surface area contributed by atoms with Crippen LogP contribution in [0.4, 0.5) is 0 Å². The van der Waals surface area contributed by atoms with Gasteiger partial charge in [-0.1, -0.05) is 6.08 Å². The fraction of sp³-hybridized carbons (Fsp3) is 0.636. The van der Waals surface area contributed by atoms with Gasteiger partial charge in [0.15, 0.2) is 0 Å². The van der Waals surface area contributed by atoms with Crippen molar-refractivity contribution in [2.45, 2.75) is 18.1 Å². The smallest absolute Gasteiger partial charge is 0.109 e. The van der Waals surface area contributed by atoms with Crippen LogP contribution in [0, 0.1) is 0 Å². The van der Waals surface area contributed by atoms with Crippen molar-refractivity contribution in [3.05, 3.63) is 23.9 Å². The first-order valence-electron chi connectivity index (χ1n) is 4.95. The number of hydrogen-bond donors (Lipinski definition) is 0. The van der Waals surface area contributed by atoms with Crippen LogP contribution in [0.3, 0.4) is 0 Å². The van der Waals surface area contributed by atoms with E-state index in [-0.39, 0.29) is 5.16 Å². The molecule has 0 heterocycles. The van der Waals surface area contributed by atoms with Gasteiger partial charge in [0.25, 0.3) is 0 Å². The van der Waals surface area contributed by atoms with Gasteiger partial charge in [-0.3, -0.25) is 4.90 Å². The summed E-state index contributed by atoms with van der Waals surface area (Å²) >= 11 is 0. The van der Waals surface area contributed by atoms with Crippen LogP contribution >= 0.6 is 9.24 Å². The van der Waals surface area contributed by atoms with Gasteiger partial charge in [0, 0.05) is 19.8 Å². The van der Waals surface area contributed by atoms with Crippen molar-refractivity contribution in [1.29, 1.82) is 0 Å². The zero-order chi connectivity index (χ0) is 10.9. The Morgan fingerprint density at radius 3 is 2.21 bits per heavy atom. The largest absolute Gasteiger partial charge is 0.378 e. The lowest BCUT2D eigenvalue weighted by Crippen LogP contribution is -2.43. The van der Waals surface area contributed by atoms with Crippen LogP contribution in [0.2, 0.25) is 0 Å². The van der Waals surface area contributed by atoms with E-state index in [4.69, 9.17) is 0 Å². The topological polar surface area (TPSA) is 6.48 Å². The summed E-state index contributed by atoms with van der Waals surface area (Å²) < 4.78 is 0. The molecule has 3 heteroatoms. The SMILES string of the molecule is CN(C)C1=CC(C)([PH3+])C(N(C)C)C=C1. The Morgan fingerprint density at radius 2 is 1.86 bits per heavy atom. The molecule has 0 aromatic heterocycles. The molecule has 0 saturated carbocycles. The van der Waals surface area contributed by atoms with E-state index in [1.165, 1.54) is 5.70 Å². The minimum Gasteiger partial charge on any atom is -0.378 e. The van der Waals surface area contributed by atoms with Crippen molar-refractivity contribution < 1.29 is 0 Å². The van der Waals surface area contributed by atoms with Crippen LogP contribution < -0.4 is 0 Å². The summed E-state index contributed by atoms with van der Waals surface area (Å²) in [5.41, 5.74) is 1.31. The molecular weight excluding hydrogens is 191 g/mol. The molecule has 80 valence electrons. The first-order chi connectivity index (χ1) is 6.34. The first-order valence-corrected chi connectivity index (χ1v) is 5.65. The van der Waals surface area contributed by atoms with E-state index in [9.17, 15) is 0 Å². The van der Waals surface area contributed by atoms with Gasteiger partial charge in [0.1, 0.15) is 5.16 Å². The molecule has 3 atom stereocenters. The summed E-state index contributed by atoms with van der Waals surface area (Å²) in [6.45, 7) is 2.29. The van der Waals surface area contributed by atoms with Crippen LogP contribution in [0.5, 0.6) is 0 Å². The Hall–Kier alpha value is -0.330. The monoisotopic (exact) mass is 213 g/mol. The Morgan fingerprint density at radius 1 is 1.29 bits per heavy atom. The van der Waals surface area contributed by atoms with Crippen LogP contribution in [0.15, 0.2) is 23.9 Å². The van der Waals surface area contributed by atoms with E-state index in [1.807, 2.05) is 0 Å². The van der Waals surface area contributed by atoms with E-state index in [0.29, 0.717) is 6.04 Å². The third-order valence-electron chi connectivity index (χ3n) is 2.68. The number of likely N-dealkylation sites (N-methyl/N-ethyl adjacent to an activating group) is 2. The highest BCUT2D eigenvalue weighted by atomic mass is 31.0. The van der Waals surface area contributed by atoms with Gasteiger partial charge < -0.3 is 4.90 Å². The molecule has 0 aromatic rings. The quantitative estimate of drug-likeness (QED) is 0.638. The van der Waals surface area contributed by atoms with Gasteiger partial charge in [-0.05, 0) is 42.4 Å². The normalized spacial score (nSPS) is 32.1. The zero-order valence-electron chi connectivity index (χ0n) is 9.91. The number of nitrogens with zero attached hydrogens (tertiary/aromatic N) is 2. The highest BCUT2D eigenvalue weighted by Crippen LogP contribution is 2.32. The van der Waals surface area contributed by atoms with Gasteiger partial charge >= 0.3 is 0 Å². The summed E-state index contributed by atoms with van der Waals surface area (Å²) in [7, 11) is 10.5. The van der Waals surface area contributed by atoms with Crippen LogP contribution in [-0.2, 0) is 0 Å². The Balaban J connectivity index is 2.92. The molecule has 0 amide bonds. The second kappa shape index (κ2) is 4.04. The van der Waals surface area contributed by atoms with Gasteiger partial charge in [-0.25, -0.2) is 0 Å². The maximum Gasteiger partial charge on any atom is 0.109 e. The van der Waals surface area contributed by atoms with Crippen molar-refractivity contribution in [3.8, 4) is 0 Å². The predicted octanol–water partition coefficient (Wildman–Crippen LogP) is 1.30. The summed E-state index contributed by atoms with van der Waals surface area (Å²) in [5.74, 6) is 0. The molecule has 0 aliphatic heterocycles. The van der Waals surface area contributed by atoms with E-state index in [1.54, 1.807) is 0 Å². The average molecular weight is 213 g/mol. The number of allylic oxidation sites excluding steroid dienone is 1. The molecule has 0 spiro atoms. The fourth-order valence-corrected chi connectivity index (χ4v) is 2.63. The first kappa shape index (κ1) is 11.7. The Bertz CT molecular complexity index is 264. The molecule has 1 aliphatic rings. The third-order valence-corrected chi connectivity index (χ3v) is 3.30. The molecular formula is C11H22N2P+. The molecule has 1 aliphatic carbocycles. The molecule has 1 rings (SSSR count). The van der Waals surface area contributed by atoms with Crippen LogP contribution in [0.1, 0.15) is 6.92 Å². The van der Waals surface area contributed by atoms with Gasteiger partial charge in [-0.2, -0.15) is 0 Å². The van der Waals surface area contributed by atoms with Gasteiger partial charge in [0.2, 0.25) is 0 Å². The predicted molar refractivity (Wildman–Crippen MR) is 67.9 cm³/mol. The van der Waals surface area contributed by atoms with E-state index in [0.717, 1.165) is 0 Å². The minimum atomic E-state index is 0.234. The Labute approximate surface area is 89.9 Å². The van der Waals surface area contributed by atoms with Gasteiger partial charge in [-0.15, -0.1) is 0 Å². The fourth-order valence-electron chi connectivity index (χ4n) is 1.92. The summed E-state index contributed by atoms with van der Waals surface area (Å²) in [6, 6.07) is 0.504. The van der Waals surface area contributed by atoms with E-state index >= 15 is 0 Å². The molecule has 14 heavy (non-hydrogen) atoms. The molecule has 0 fully saturated rings. The van der Waals surface area contributed by atoms with Crippen molar-refractivity contribution in [1.82, 2.24) is 9.80 Å². The number of rotatable bonds is 2. The van der Waals surface area contributed by atoms with Crippen molar-refractivity contribution >= 4 is 9.24 Å². The van der Waals surface area contributed by atoms with E-state index < -0.39 is 0 Å². The highest BCUT2D eigenvalue weighted by molar-refractivity contribution is 7.19. The maximum atomic E-state index is 2.36. The minimum absolute atomic E-state index is 0.234. The second-order valence-electron chi connectivity index (χ2n) is 4.74. The lowest BCUT2D eigenvalue weighted by Gasteiger charge is -2.34. The van der Waals surface area contributed by atoms with Crippen molar-refractivity contribution in [2.75, 3.05) is 28.2 Å². The number of hydrogen-bond acceptors (Lipinski definition) is 2. The maximum absolute atomic E-state index is 2.36.